The molecule has 1 amide bonds. The van der Waals surface area contributed by atoms with Crippen molar-refractivity contribution >= 4 is 34.1 Å². The molecule has 0 bridgehead atoms. The van der Waals surface area contributed by atoms with Gasteiger partial charge >= 0.3 is 0 Å². The summed E-state index contributed by atoms with van der Waals surface area (Å²) >= 11 is 2.73. The lowest BCUT2D eigenvalue weighted by Gasteiger charge is -2.10. The van der Waals surface area contributed by atoms with Crippen LogP contribution in [0.4, 0.5) is 5.13 Å². The van der Waals surface area contributed by atoms with E-state index in [0.717, 1.165) is 22.8 Å². The summed E-state index contributed by atoms with van der Waals surface area (Å²) in [6, 6.07) is 7.61. The van der Waals surface area contributed by atoms with Crippen molar-refractivity contribution in [2.75, 3.05) is 31.9 Å². The van der Waals surface area contributed by atoms with Gasteiger partial charge in [0.25, 0.3) is 0 Å². The summed E-state index contributed by atoms with van der Waals surface area (Å²) in [5, 5.41) is 14.5. The molecule has 3 aromatic rings. The molecule has 0 aliphatic rings. The zero-order valence-corrected chi connectivity index (χ0v) is 17.5. The number of thiazole rings is 1. The normalized spacial score (nSPS) is 10.8. The molecular formula is C18H21N5O3S2. The third-order valence-corrected chi connectivity index (χ3v) is 5.62. The van der Waals surface area contributed by atoms with Gasteiger partial charge in [0.15, 0.2) is 16.1 Å². The highest BCUT2D eigenvalue weighted by molar-refractivity contribution is 7.99. The fourth-order valence-electron chi connectivity index (χ4n) is 2.43. The van der Waals surface area contributed by atoms with E-state index in [4.69, 9.17) is 9.47 Å². The molecule has 0 atom stereocenters. The predicted molar refractivity (Wildman–Crippen MR) is 110 cm³/mol. The maximum Gasteiger partial charge on any atom is 0.236 e. The standard InChI is InChI=1S/C18H21N5O3S2/c1-12-10-27-17(19-12)20-15(24)11-28-18-22-21-16(23(18)8-9-25-2)13-4-6-14(26-3)7-5-13/h4-7,10H,8-9,11H2,1-3H3,(H,19,20,24). The lowest BCUT2D eigenvalue weighted by atomic mass is 10.2. The largest absolute Gasteiger partial charge is 0.497 e. The maximum atomic E-state index is 12.2. The van der Waals surface area contributed by atoms with E-state index in [9.17, 15) is 4.79 Å². The minimum absolute atomic E-state index is 0.133. The first-order chi connectivity index (χ1) is 13.6. The monoisotopic (exact) mass is 419 g/mol. The number of nitrogens with zero attached hydrogens (tertiary/aromatic N) is 4. The Morgan fingerprint density at radius 1 is 1.25 bits per heavy atom. The van der Waals surface area contributed by atoms with Crippen molar-refractivity contribution in [3.63, 3.8) is 0 Å². The van der Waals surface area contributed by atoms with Crippen molar-refractivity contribution in [1.29, 1.82) is 0 Å². The third-order valence-electron chi connectivity index (χ3n) is 3.78. The Bertz CT molecular complexity index is 924. The molecule has 0 spiro atoms. The molecule has 2 heterocycles. The summed E-state index contributed by atoms with van der Waals surface area (Å²) in [5.41, 5.74) is 1.80. The van der Waals surface area contributed by atoms with Gasteiger partial charge in [0.2, 0.25) is 5.91 Å². The van der Waals surface area contributed by atoms with Crippen LogP contribution in [0.3, 0.4) is 0 Å². The highest BCUT2D eigenvalue weighted by atomic mass is 32.2. The van der Waals surface area contributed by atoms with Crippen LogP contribution in [0.25, 0.3) is 11.4 Å². The lowest BCUT2D eigenvalue weighted by Crippen LogP contribution is -2.15. The second kappa shape index (κ2) is 9.67. The Morgan fingerprint density at radius 3 is 2.68 bits per heavy atom. The van der Waals surface area contributed by atoms with Crippen LogP contribution in [0.1, 0.15) is 5.69 Å². The van der Waals surface area contributed by atoms with E-state index >= 15 is 0 Å². The Labute approximate surface area is 171 Å². The van der Waals surface area contributed by atoms with Gasteiger partial charge in [-0.3, -0.25) is 9.36 Å². The number of thioether (sulfide) groups is 1. The Kier molecular flexibility index (Phi) is 7.01. The fraction of sp³-hybridized carbons (Fsp3) is 0.333. The number of aryl methyl sites for hydroxylation is 1. The molecule has 8 nitrogen and oxygen atoms in total. The smallest absolute Gasteiger partial charge is 0.236 e. The maximum absolute atomic E-state index is 12.2. The fourth-order valence-corrected chi connectivity index (χ4v) is 3.90. The molecule has 0 unspecified atom stereocenters. The van der Waals surface area contributed by atoms with E-state index in [2.05, 4.69) is 20.5 Å². The highest BCUT2D eigenvalue weighted by Crippen LogP contribution is 2.26. The zero-order valence-electron chi connectivity index (χ0n) is 15.8. The molecule has 0 saturated heterocycles. The highest BCUT2D eigenvalue weighted by Gasteiger charge is 2.16. The van der Waals surface area contributed by atoms with E-state index in [1.807, 2.05) is 41.1 Å². The van der Waals surface area contributed by atoms with Gasteiger partial charge in [0.05, 0.1) is 31.7 Å². The van der Waals surface area contributed by atoms with Crippen molar-refractivity contribution in [2.24, 2.45) is 0 Å². The molecule has 0 saturated carbocycles. The zero-order chi connectivity index (χ0) is 19.9. The number of methoxy groups -OCH3 is 2. The summed E-state index contributed by atoms with van der Waals surface area (Å²) in [4.78, 5) is 16.4. The minimum atomic E-state index is -0.133. The van der Waals surface area contributed by atoms with Crippen LogP contribution >= 0.6 is 23.1 Å². The molecule has 1 aromatic carbocycles. The molecule has 0 aliphatic heterocycles. The van der Waals surface area contributed by atoms with E-state index in [0.29, 0.717) is 23.4 Å². The van der Waals surface area contributed by atoms with E-state index < -0.39 is 0 Å². The summed E-state index contributed by atoms with van der Waals surface area (Å²) in [6.07, 6.45) is 0. The number of carbonyl (C=O) groups is 1. The number of rotatable bonds is 9. The molecule has 1 N–H and O–H groups in total. The van der Waals surface area contributed by atoms with Crippen molar-refractivity contribution in [1.82, 2.24) is 19.7 Å². The molecule has 0 aliphatic carbocycles. The van der Waals surface area contributed by atoms with Gasteiger partial charge in [-0.05, 0) is 31.2 Å². The van der Waals surface area contributed by atoms with Crippen molar-refractivity contribution in [3.8, 4) is 17.1 Å². The second-order valence-electron chi connectivity index (χ2n) is 5.81. The quantitative estimate of drug-likeness (QED) is 0.533. The molecule has 10 heteroatoms. The first kappa shape index (κ1) is 20.3. The van der Waals surface area contributed by atoms with E-state index in [1.54, 1.807) is 14.2 Å². The average Bonchev–Trinajstić information content (AvgIpc) is 3.30. The number of carbonyl (C=O) groups excluding carboxylic acids is 1. The first-order valence-electron chi connectivity index (χ1n) is 8.52. The number of hydrogen-bond acceptors (Lipinski definition) is 8. The number of benzene rings is 1. The molecule has 2 aromatic heterocycles. The summed E-state index contributed by atoms with van der Waals surface area (Å²) in [5.74, 6) is 1.58. The molecule has 3 rings (SSSR count). The van der Waals surface area contributed by atoms with E-state index in [-0.39, 0.29) is 11.7 Å². The predicted octanol–water partition coefficient (Wildman–Crippen LogP) is 3.10. The number of anilines is 1. The average molecular weight is 420 g/mol. The van der Waals surface area contributed by atoms with Gasteiger partial charge in [-0.15, -0.1) is 21.5 Å². The SMILES string of the molecule is COCCn1c(SCC(=O)Nc2nc(C)cs2)nnc1-c1ccc(OC)cc1. The topological polar surface area (TPSA) is 91.2 Å². The van der Waals surface area contributed by atoms with Crippen LogP contribution in [0, 0.1) is 6.92 Å². The van der Waals surface area contributed by atoms with Crippen LogP contribution in [0.2, 0.25) is 0 Å². The molecule has 0 radical (unpaired) electrons. The van der Waals surface area contributed by atoms with Gasteiger partial charge in [-0.1, -0.05) is 11.8 Å². The lowest BCUT2D eigenvalue weighted by molar-refractivity contribution is -0.113. The summed E-state index contributed by atoms with van der Waals surface area (Å²) in [7, 11) is 3.27. The van der Waals surface area contributed by atoms with Crippen molar-refractivity contribution in [3.05, 3.63) is 35.3 Å². The van der Waals surface area contributed by atoms with Crippen LogP contribution < -0.4 is 10.1 Å². The Balaban J connectivity index is 1.72. The molecule has 28 heavy (non-hydrogen) atoms. The Hall–Kier alpha value is -2.43. The van der Waals surface area contributed by atoms with Crippen LogP contribution in [0.15, 0.2) is 34.8 Å². The van der Waals surface area contributed by atoms with Gasteiger partial charge < -0.3 is 14.8 Å². The summed E-state index contributed by atoms with van der Waals surface area (Å²) in [6.45, 7) is 2.99. The van der Waals surface area contributed by atoms with Crippen LogP contribution in [-0.4, -0.2) is 52.2 Å². The van der Waals surface area contributed by atoms with Gasteiger partial charge in [0, 0.05) is 18.1 Å². The minimum Gasteiger partial charge on any atom is -0.497 e. The molecular weight excluding hydrogens is 398 g/mol. The van der Waals surface area contributed by atoms with E-state index in [1.165, 1.54) is 23.1 Å². The van der Waals surface area contributed by atoms with Crippen LogP contribution in [-0.2, 0) is 16.1 Å². The van der Waals surface area contributed by atoms with Crippen LogP contribution in [0.5, 0.6) is 5.75 Å². The van der Waals surface area contributed by atoms with Gasteiger partial charge in [-0.25, -0.2) is 4.98 Å². The van der Waals surface area contributed by atoms with Crippen molar-refractivity contribution < 1.29 is 14.3 Å². The number of ether oxygens (including phenoxy) is 2. The third kappa shape index (κ3) is 5.09. The Morgan fingerprint density at radius 2 is 2.04 bits per heavy atom. The van der Waals surface area contributed by atoms with Gasteiger partial charge in [0.1, 0.15) is 5.75 Å². The molecule has 148 valence electrons. The number of nitrogens with one attached hydrogen (secondary N) is 1. The van der Waals surface area contributed by atoms with Crippen molar-refractivity contribution in [2.45, 2.75) is 18.6 Å². The number of hydrogen-bond donors (Lipinski definition) is 1. The van der Waals surface area contributed by atoms with Gasteiger partial charge in [-0.2, -0.15) is 0 Å². The second-order valence-corrected chi connectivity index (χ2v) is 7.61. The number of aromatic nitrogens is 4. The molecule has 0 fully saturated rings. The number of amides is 1. The first-order valence-corrected chi connectivity index (χ1v) is 10.4. The summed E-state index contributed by atoms with van der Waals surface area (Å²) < 4.78 is 12.4.